The summed E-state index contributed by atoms with van der Waals surface area (Å²) >= 11 is 0. The zero-order chi connectivity index (χ0) is 15.6. The first kappa shape index (κ1) is 14.3. The van der Waals surface area contributed by atoms with Gasteiger partial charge in [-0.2, -0.15) is 5.10 Å². The molecule has 23 heavy (non-hydrogen) atoms. The Hall–Kier alpha value is -2.34. The topological polar surface area (TPSA) is 61.8 Å². The number of aromatic amines is 1. The number of piperidine rings is 1. The molecule has 3 heterocycles. The molecule has 0 bridgehead atoms. The summed E-state index contributed by atoms with van der Waals surface area (Å²) in [5.74, 6) is 1.13. The lowest BCUT2D eigenvalue weighted by molar-refractivity contribution is 0.202. The van der Waals surface area contributed by atoms with Crippen molar-refractivity contribution in [1.29, 1.82) is 0 Å². The maximum Gasteiger partial charge on any atom is 0.122 e. The van der Waals surface area contributed by atoms with E-state index in [1.165, 1.54) is 18.5 Å². The van der Waals surface area contributed by atoms with Crippen molar-refractivity contribution in [2.24, 2.45) is 7.05 Å². The smallest absolute Gasteiger partial charge is 0.122 e. The van der Waals surface area contributed by atoms with Crippen LogP contribution in [0, 0.1) is 0 Å². The lowest BCUT2D eigenvalue weighted by Gasteiger charge is -2.33. The fourth-order valence-corrected chi connectivity index (χ4v) is 3.33. The van der Waals surface area contributed by atoms with Gasteiger partial charge in [-0.3, -0.25) is 10.00 Å². The van der Waals surface area contributed by atoms with Crippen LogP contribution in [-0.2, 0) is 13.6 Å². The number of nitrogens with one attached hydrogen (secondary N) is 2. The van der Waals surface area contributed by atoms with Crippen LogP contribution in [0.3, 0.4) is 0 Å². The number of hydrogen-bond donors (Lipinski definition) is 2. The lowest BCUT2D eigenvalue weighted by Crippen LogP contribution is -2.42. The highest BCUT2D eigenvalue weighted by Gasteiger charge is 2.20. The van der Waals surface area contributed by atoms with Gasteiger partial charge < -0.3 is 9.88 Å². The van der Waals surface area contributed by atoms with Gasteiger partial charge in [-0.25, -0.2) is 4.98 Å². The molecule has 0 spiro atoms. The van der Waals surface area contributed by atoms with Gasteiger partial charge in [0.15, 0.2) is 0 Å². The number of H-pyrrole nitrogens is 1. The molecule has 1 saturated heterocycles. The Morgan fingerprint density at radius 3 is 3.22 bits per heavy atom. The van der Waals surface area contributed by atoms with Gasteiger partial charge in [0.25, 0.3) is 0 Å². The third kappa shape index (κ3) is 3.07. The largest absolute Gasteiger partial charge is 0.381 e. The molecule has 2 aromatic heterocycles. The first-order valence-electron chi connectivity index (χ1n) is 8.16. The second-order valence-electron chi connectivity index (χ2n) is 6.35. The molecule has 0 saturated carbocycles. The van der Waals surface area contributed by atoms with E-state index in [0.717, 1.165) is 36.4 Å². The Bertz CT molecular complexity index is 789. The van der Waals surface area contributed by atoms with Crippen molar-refractivity contribution in [2.45, 2.75) is 25.4 Å². The van der Waals surface area contributed by atoms with Crippen LogP contribution in [-0.4, -0.2) is 43.8 Å². The summed E-state index contributed by atoms with van der Waals surface area (Å²) in [6.07, 6.45) is 8.18. The lowest BCUT2D eigenvalue weighted by atomic mass is 10.0. The summed E-state index contributed by atoms with van der Waals surface area (Å²) in [4.78, 5) is 6.92. The summed E-state index contributed by atoms with van der Waals surface area (Å²) in [7, 11) is 2.06. The molecule has 0 radical (unpaired) electrons. The minimum absolute atomic E-state index is 0.480. The Labute approximate surface area is 135 Å². The van der Waals surface area contributed by atoms with E-state index in [1.807, 2.05) is 18.6 Å². The Morgan fingerprint density at radius 1 is 1.39 bits per heavy atom. The number of aryl methyl sites for hydroxylation is 1. The average Bonchev–Trinajstić information content (AvgIpc) is 3.17. The predicted molar refractivity (Wildman–Crippen MR) is 91.2 cm³/mol. The highest BCUT2D eigenvalue weighted by molar-refractivity contribution is 5.81. The summed E-state index contributed by atoms with van der Waals surface area (Å²) in [5.41, 5.74) is 2.25. The van der Waals surface area contributed by atoms with Crippen LogP contribution < -0.4 is 5.32 Å². The molecule has 6 heteroatoms. The van der Waals surface area contributed by atoms with Crippen molar-refractivity contribution in [2.75, 3.05) is 18.4 Å². The second kappa shape index (κ2) is 6.04. The fraction of sp³-hybridized carbons (Fsp3) is 0.412. The van der Waals surface area contributed by atoms with Gasteiger partial charge in [0.1, 0.15) is 5.82 Å². The molecule has 1 fully saturated rings. The SMILES string of the molecule is Cn1ccnc1CN1CCC[C@H](Nc2ccc3[nH]ncc3c2)C1. The fourth-order valence-electron chi connectivity index (χ4n) is 3.33. The quantitative estimate of drug-likeness (QED) is 0.776. The van der Waals surface area contributed by atoms with Crippen LogP contribution in [0.1, 0.15) is 18.7 Å². The minimum Gasteiger partial charge on any atom is -0.381 e. The summed E-state index contributed by atoms with van der Waals surface area (Å²) < 4.78 is 2.10. The van der Waals surface area contributed by atoms with Crippen LogP contribution in [0.4, 0.5) is 5.69 Å². The molecular weight excluding hydrogens is 288 g/mol. The Morgan fingerprint density at radius 2 is 2.35 bits per heavy atom. The number of imidazole rings is 1. The summed E-state index contributed by atoms with van der Waals surface area (Å²) in [5, 5.41) is 11.9. The standard InChI is InChI=1S/C17H22N6/c1-22-8-6-18-17(22)12-23-7-2-3-15(11-23)20-14-4-5-16-13(9-14)10-19-21-16/h4-6,8-10,15,20H,2-3,7,11-12H2,1H3,(H,19,21)/t15-/m0/s1. The summed E-state index contributed by atoms with van der Waals surface area (Å²) in [6, 6.07) is 6.85. The number of fused-ring (bicyclic) bond motifs is 1. The van der Waals surface area contributed by atoms with Crippen LogP contribution in [0.15, 0.2) is 36.8 Å². The third-order valence-corrected chi connectivity index (χ3v) is 4.60. The second-order valence-corrected chi connectivity index (χ2v) is 6.35. The predicted octanol–water partition coefficient (Wildman–Crippen LogP) is 2.37. The van der Waals surface area contributed by atoms with Gasteiger partial charge in [-0.15, -0.1) is 0 Å². The van der Waals surface area contributed by atoms with Crippen LogP contribution in [0.2, 0.25) is 0 Å². The number of likely N-dealkylation sites (tertiary alicyclic amines) is 1. The first-order chi connectivity index (χ1) is 11.3. The van der Waals surface area contributed by atoms with Gasteiger partial charge in [0.2, 0.25) is 0 Å². The van der Waals surface area contributed by atoms with Crippen molar-refractivity contribution < 1.29 is 0 Å². The van der Waals surface area contributed by atoms with E-state index in [1.54, 1.807) is 0 Å². The van der Waals surface area contributed by atoms with Crippen LogP contribution in [0.25, 0.3) is 10.9 Å². The summed E-state index contributed by atoms with van der Waals surface area (Å²) in [6.45, 7) is 3.12. The molecular formula is C17H22N6. The number of hydrogen-bond acceptors (Lipinski definition) is 4. The molecule has 1 atom stereocenters. The van der Waals surface area contributed by atoms with E-state index < -0.39 is 0 Å². The van der Waals surface area contributed by atoms with E-state index in [9.17, 15) is 0 Å². The van der Waals surface area contributed by atoms with E-state index in [4.69, 9.17) is 0 Å². The Kier molecular flexibility index (Phi) is 3.75. The molecule has 0 amide bonds. The molecule has 6 nitrogen and oxygen atoms in total. The van der Waals surface area contributed by atoms with Crippen molar-refractivity contribution in [1.82, 2.24) is 24.6 Å². The van der Waals surface area contributed by atoms with Crippen molar-refractivity contribution in [3.8, 4) is 0 Å². The first-order valence-corrected chi connectivity index (χ1v) is 8.16. The van der Waals surface area contributed by atoms with Crippen molar-refractivity contribution in [3.05, 3.63) is 42.6 Å². The van der Waals surface area contributed by atoms with Gasteiger partial charge in [0.05, 0.1) is 18.3 Å². The third-order valence-electron chi connectivity index (χ3n) is 4.60. The average molecular weight is 310 g/mol. The zero-order valence-electron chi connectivity index (χ0n) is 13.4. The molecule has 1 aromatic carbocycles. The minimum atomic E-state index is 0.480. The molecule has 1 aliphatic heterocycles. The van der Waals surface area contributed by atoms with E-state index >= 15 is 0 Å². The van der Waals surface area contributed by atoms with E-state index in [2.05, 4.69) is 55.2 Å². The highest BCUT2D eigenvalue weighted by atomic mass is 15.2. The normalized spacial score (nSPS) is 19.3. The molecule has 2 N–H and O–H groups in total. The van der Waals surface area contributed by atoms with Crippen LogP contribution in [0.5, 0.6) is 0 Å². The van der Waals surface area contributed by atoms with Crippen LogP contribution >= 0.6 is 0 Å². The molecule has 3 aromatic rings. The van der Waals surface area contributed by atoms with Gasteiger partial charge in [-0.1, -0.05) is 0 Å². The number of nitrogens with zero attached hydrogens (tertiary/aromatic N) is 4. The van der Waals surface area contributed by atoms with Crippen molar-refractivity contribution >= 4 is 16.6 Å². The maximum atomic E-state index is 4.44. The number of rotatable bonds is 4. The zero-order valence-corrected chi connectivity index (χ0v) is 13.4. The van der Waals surface area contributed by atoms with E-state index in [-0.39, 0.29) is 0 Å². The van der Waals surface area contributed by atoms with Crippen molar-refractivity contribution in [3.63, 3.8) is 0 Å². The molecule has 0 aliphatic carbocycles. The number of anilines is 1. The monoisotopic (exact) mass is 310 g/mol. The Balaban J connectivity index is 1.41. The molecule has 0 unspecified atom stereocenters. The van der Waals surface area contributed by atoms with E-state index in [0.29, 0.717) is 6.04 Å². The molecule has 1 aliphatic rings. The number of aromatic nitrogens is 4. The maximum absolute atomic E-state index is 4.44. The van der Waals surface area contributed by atoms with Gasteiger partial charge in [-0.05, 0) is 37.6 Å². The number of benzene rings is 1. The van der Waals surface area contributed by atoms with Gasteiger partial charge in [0, 0.05) is 43.1 Å². The highest BCUT2D eigenvalue weighted by Crippen LogP contribution is 2.21. The van der Waals surface area contributed by atoms with Gasteiger partial charge >= 0.3 is 0 Å². The molecule has 4 rings (SSSR count). The molecule has 120 valence electrons.